The molecule has 126 valence electrons. The van der Waals surface area contributed by atoms with Crippen LogP contribution in [-0.4, -0.2) is 70.1 Å². The Hall–Kier alpha value is -1.63. The van der Waals surface area contributed by atoms with Crippen molar-refractivity contribution in [3.05, 3.63) is 11.4 Å². The summed E-state index contributed by atoms with van der Waals surface area (Å²) >= 11 is 0. The summed E-state index contributed by atoms with van der Waals surface area (Å²) < 4.78 is 2.22. The van der Waals surface area contributed by atoms with Gasteiger partial charge >= 0.3 is 6.03 Å². The van der Waals surface area contributed by atoms with Crippen LogP contribution in [0.4, 0.5) is 4.79 Å². The summed E-state index contributed by atoms with van der Waals surface area (Å²) in [6, 6.07) is 0.602. The summed E-state index contributed by atoms with van der Waals surface area (Å²) in [4.78, 5) is 16.0. The number of hydrogen-bond donors (Lipinski definition) is 1. The minimum atomic E-state index is 0.0918. The first-order chi connectivity index (χ1) is 11.3. The lowest BCUT2D eigenvalue weighted by Gasteiger charge is -2.33. The van der Waals surface area contributed by atoms with Gasteiger partial charge in [-0.3, -0.25) is 0 Å². The molecule has 1 aromatic heterocycles. The maximum atomic E-state index is 11.6. The SMILES string of the molecule is O=C1NCCN1CCN1CCC(n2nnc3c2CCCC3)CC1. The molecule has 0 unspecified atom stereocenters. The van der Waals surface area contributed by atoms with Crippen molar-refractivity contribution in [3.8, 4) is 0 Å². The molecule has 0 bridgehead atoms. The lowest BCUT2D eigenvalue weighted by atomic mass is 9.99. The second kappa shape index (κ2) is 6.47. The normalized spacial score (nSPS) is 23.1. The maximum Gasteiger partial charge on any atom is 0.317 e. The van der Waals surface area contributed by atoms with Crippen molar-refractivity contribution < 1.29 is 4.79 Å². The van der Waals surface area contributed by atoms with Gasteiger partial charge in [-0.1, -0.05) is 5.21 Å². The third-order valence-electron chi connectivity index (χ3n) is 5.48. The summed E-state index contributed by atoms with van der Waals surface area (Å²) in [5.74, 6) is 0. The Balaban J connectivity index is 1.29. The number of aryl methyl sites for hydroxylation is 1. The van der Waals surface area contributed by atoms with Gasteiger partial charge in [0, 0.05) is 39.3 Å². The Labute approximate surface area is 137 Å². The third kappa shape index (κ3) is 3.06. The Morgan fingerprint density at radius 1 is 1.09 bits per heavy atom. The van der Waals surface area contributed by atoms with Gasteiger partial charge < -0.3 is 15.1 Å². The van der Waals surface area contributed by atoms with E-state index in [1.807, 2.05) is 4.90 Å². The van der Waals surface area contributed by atoms with Gasteiger partial charge in [0.25, 0.3) is 0 Å². The van der Waals surface area contributed by atoms with Crippen LogP contribution in [0.15, 0.2) is 0 Å². The number of carbonyl (C=O) groups excluding carboxylic acids is 1. The molecule has 0 radical (unpaired) electrons. The Bertz CT molecular complexity index is 563. The molecular weight excluding hydrogens is 292 g/mol. The number of hydrogen-bond acceptors (Lipinski definition) is 4. The van der Waals surface area contributed by atoms with E-state index in [2.05, 4.69) is 25.2 Å². The molecule has 0 spiro atoms. The highest BCUT2D eigenvalue weighted by Gasteiger charge is 2.27. The molecule has 23 heavy (non-hydrogen) atoms. The van der Waals surface area contributed by atoms with Crippen molar-refractivity contribution in [2.45, 2.75) is 44.6 Å². The third-order valence-corrected chi connectivity index (χ3v) is 5.48. The molecular formula is C16H26N6O. The van der Waals surface area contributed by atoms with Crippen LogP contribution in [-0.2, 0) is 12.8 Å². The number of carbonyl (C=O) groups is 1. The molecule has 1 N–H and O–H groups in total. The van der Waals surface area contributed by atoms with Gasteiger partial charge in [-0.2, -0.15) is 0 Å². The highest BCUT2D eigenvalue weighted by Crippen LogP contribution is 2.27. The van der Waals surface area contributed by atoms with E-state index in [-0.39, 0.29) is 6.03 Å². The van der Waals surface area contributed by atoms with Crippen molar-refractivity contribution in [2.24, 2.45) is 0 Å². The molecule has 1 aromatic rings. The Morgan fingerprint density at radius 2 is 1.91 bits per heavy atom. The molecule has 7 nitrogen and oxygen atoms in total. The van der Waals surface area contributed by atoms with E-state index in [0.717, 1.165) is 65.0 Å². The van der Waals surface area contributed by atoms with Gasteiger partial charge in [0.15, 0.2) is 0 Å². The molecule has 4 rings (SSSR count). The van der Waals surface area contributed by atoms with Crippen molar-refractivity contribution in [1.82, 2.24) is 30.1 Å². The van der Waals surface area contributed by atoms with E-state index >= 15 is 0 Å². The summed E-state index contributed by atoms with van der Waals surface area (Å²) in [7, 11) is 0. The molecule has 0 atom stereocenters. The number of nitrogens with one attached hydrogen (secondary N) is 1. The first-order valence-corrected chi connectivity index (χ1v) is 8.99. The van der Waals surface area contributed by atoms with Crippen LogP contribution in [0.2, 0.25) is 0 Å². The van der Waals surface area contributed by atoms with Crippen LogP contribution in [0.3, 0.4) is 0 Å². The van der Waals surface area contributed by atoms with Crippen LogP contribution in [0.25, 0.3) is 0 Å². The van der Waals surface area contributed by atoms with Gasteiger partial charge in [-0.15, -0.1) is 5.10 Å². The highest BCUT2D eigenvalue weighted by molar-refractivity contribution is 5.76. The smallest absolute Gasteiger partial charge is 0.317 e. The van der Waals surface area contributed by atoms with Crippen LogP contribution >= 0.6 is 0 Å². The van der Waals surface area contributed by atoms with Gasteiger partial charge in [0.2, 0.25) is 0 Å². The zero-order valence-corrected chi connectivity index (χ0v) is 13.7. The molecule has 2 saturated heterocycles. The van der Waals surface area contributed by atoms with Crippen molar-refractivity contribution in [2.75, 3.05) is 39.3 Å². The van der Waals surface area contributed by atoms with Crippen LogP contribution in [0.1, 0.15) is 43.1 Å². The van der Waals surface area contributed by atoms with E-state index in [1.165, 1.54) is 24.2 Å². The van der Waals surface area contributed by atoms with E-state index in [4.69, 9.17) is 0 Å². The largest absolute Gasteiger partial charge is 0.336 e. The minimum Gasteiger partial charge on any atom is -0.336 e. The Kier molecular flexibility index (Phi) is 4.20. The molecule has 7 heteroatoms. The van der Waals surface area contributed by atoms with Gasteiger partial charge in [0.05, 0.1) is 17.4 Å². The zero-order valence-electron chi connectivity index (χ0n) is 13.7. The van der Waals surface area contributed by atoms with E-state index in [0.29, 0.717) is 6.04 Å². The van der Waals surface area contributed by atoms with E-state index < -0.39 is 0 Å². The number of rotatable bonds is 4. The van der Waals surface area contributed by atoms with Crippen molar-refractivity contribution in [3.63, 3.8) is 0 Å². The lowest BCUT2D eigenvalue weighted by Crippen LogP contribution is -2.41. The first-order valence-electron chi connectivity index (χ1n) is 8.99. The summed E-state index contributed by atoms with van der Waals surface area (Å²) in [6.45, 7) is 5.65. The molecule has 2 aliphatic heterocycles. The molecule has 2 fully saturated rings. The average molecular weight is 318 g/mol. The molecule has 3 heterocycles. The Morgan fingerprint density at radius 3 is 2.70 bits per heavy atom. The quantitative estimate of drug-likeness (QED) is 0.892. The predicted octanol–water partition coefficient (Wildman–Crippen LogP) is 0.819. The number of piperidine rings is 1. The number of nitrogens with zero attached hydrogens (tertiary/aromatic N) is 5. The molecule has 0 aromatic carbocycles. The van der Waals surface area contributed by atoms with Crippen LogP contribution < -0.4 is 5.32 Å². The highest BCUT2D eigenvalue weighted by atomic mass is 16.2. The lowest BCUT2D eigenvalue weighted by molar-refractivity contribution is 0.160. The fraction of sp³-hybridized carbons (Fsp3) is 0.812. The second-order valence-electron chi connectivity index (χ2n) is 6.93. The maximum absolute atomic E-state index is 11.6. The van der Waals surface area contributed by atoms with Gasteiger partial charge in [-0.25, -0.2) is 9.48 Å². The fourth-order valence-corrected chi connectivity index (χ4v) is 4.05. The molecule has 2 amide bonds. The predicted molar refractivity (Wildman–Crippen MR) is 86.3 cm³/mol. The molecule has 3 aliphatic rings. The summed E-state index contributed by atoms with van der Waals surface area (Å²) in [5, 5.41) is 11.7. The standard InChI is InChI=1S/C16H26N6O/c23-16-17-7-10-21(16)12-11-20-8-5-13(6-9-20)22-15-4-2-1-3-14(15)18-19-22/h13H,1-12H2,(H,17,23). The summed E-state index contributed by atoms with van der Waals surface area (Å²) in [6.07, 6.45) is 7.06. The number of likely N-dealkylation sites (tertiary alicyclic amines) is 1. The molecule has 1 aliphatic carbocycles. The fourth-order valence-electron chi connectivity index (χ4n) is 4.05. The number of aromatic nitrogens is 3. The van der Waals surface area contributed by atoms with Gasteiger partial charge in [-0.05, 0) is 38.5 Å². The second-order valence-corrected chi connectivity index (χ2v) is 6.93. The number of fused-ring (bicyclic) bond motifs is 1. The van der Waals surface area contributed by atoms with Crippen LogP contribution in [0.5, 0.6) is 0 Å². The van der Waals surface area contributed by atoms with E-state index in [1.54, 1.807) is 0 Å². The zero-order chi connectivity index (χ0) is 15.6. The monoisotopic (exact) mass is 318 g/mol. The number of urea groups is 1. The molecule has 0 saturated carbocycles. The van der Waals surface area contributed by atoms with E-state index in [9.17, 15) is 4.79 Å². The topological polar surface area (TPSA) is 66.3 Å². The van der Waals surface area contributed by atoms with Crippen LogP contribution in [0, 0.1) is 0 Å². The van der Waals surface area contributed by atoms with Gasteiger partial charge in [0.1, 0.15) is 0 Å². The minimum absolute atomic E-state index is 0.0918. The first kappa shape index (κ1) is 14.9. The average Bonchev–Trinajstić information content (AvgIpc) is 3.20. The summed E-state index contributed by atoms with van der Waals surface area (Å²) in [5.41, 5.74) is 2.63. The van der Waals surface area contributed by atoms with Crippen molar-refractivity contribution in [1.29, 1.82) is 0 Å². The van der Waals surface area contributed by atoms with Crippen molar-refractivity contribution >= 4 is 6.03 Å². The number of amides is 2.